The average molecular weight is 493 g/mol. The molecule has 0 saturated carbocycles. The fourth-order valence-corrected chi connectivity index (χ4v) is 7.57. The Labute approximate surface area is 187 Å². The zero-order valence-electron chi connectivity index (χ0n) is 15.2. The highest BCUT2D eigenvalue weighted by Crippen LogP contribution is 2.42. The number of hydrogen-bond acceptors (Lipinski definition) is 5. The molecule has 29 heavy (non-hydrogen) atoms. The molecule has 1 amide bonds. The van der Waals surface area contributed by atoms with Crippen LogP contribution in [0.4, 0.5) is 0 Å². The number of amides is 1. The van der Waals surface area contributed by atoms with Crippen LogP contribution in [0.25, 0.3) is 10.1 Å². The van der Waals surface area contributed by atoms with Crippen molar-refractivity contribution in [3.8, 4) is 0 Å². The highest BCUT2D eigenvalue weighted by atomic mass is 35.5. The Morgan fingerprint density at radius 1 is 1.28 bits per heavy atom. The van der Waals surface area contributed by atoms with Crippen LogP contribution in [0.3, 0.4) is 0 Å². The van der Waals surface area contributed by atoms with Crippen molar-refractivity contribution in [2.75, 3.05) is 11.5 Å². The number of carbonyl (C=O) groups is 1. The normalized spacial score (nSPS) is 18.4. The van der Waals surface area contributed by atoms with Crippen LogP contribution in [0.1, 0.15) is 27.6 Å². The monoisotopic (exact) mass is 491 g/mol. The zero-order chi connectivity index (χ0) is 20.9. The predicted octanol–water partition coefficient (Wildman–Crippen LogP) is 5.59. The third-order valence-electron chi connectivity index (χ3n) is 4.88. The molecule has 1 aromatic carbocycles. The van der Waals surface area contributed by atoms with Crippen LogP contribution in [0.5, 0.6) is 0 Å². The smallest absolute Gasteiger partial charge is 0.266 e. The lowest BCUT2D eigenvalue weighted by Crippen LogP contribution is -2.40. The summed E-state index contributed by atoms with van der Waals surface area (Å²) < 4.78 is 30.4. The summed E-state index contributed by atoms with van der Waals surface area (Å²) in [5, 5.41) is 1.63. The number of sulfone groups is 1. The molecule has 1 aliphatic heterocycles. The van der Waals surface area contributed by atoms with E-state index >= 15 is 0 Å². The summed E-state index contributed by atoms with van der Waals surface area (Å²) >= 11 is 20.1. The summed E-state index contributed by atoms with van der Waals surface area (Å²) in [6.45, 7) is 1.97. The molecular weight excluding hydrogens is 477 g/mol. The molecule has 2 aromatic heterocycles. The van der Waals surface area contributed by atoms with E-state index in [1.165, 1.54) is 16.2 Å². The van der Waals surface area contributed by atoms with E-state index in [1.807, 2.05) is 6.92 Å². The summed E-state index contributed by atoms with van der Waals surface area (Å²) in [7, 11) is -3.18. The van der Waals surface area contributed by atoms with E-state index in [-0.39, 0.29) is 29.0 Å². The van der Waals surface area contributed by atoms with Gasteiger partial charge in [-0.05, 0) is 37.6 Å². The Hall–Kier alpha value is -1.25. The Bertz CT molecular complexity index is 1220. The quantitative estimate of drug-likeness (QED) is 0.476. The van der Waals surface area contributed by atoms with Gasteiger partial charge in [0.25, 0.3) is 5.91 Å². The van der Waals surface area contributed by atoms with Gasteiger partial charge in [-0.15, -0.1) is 11.3 Å². The molecule has 3 aromatic rings. The number of fused-ring (bicyclic) bond motifs is 1. The van der Waals surface area contributed by atoms with Gasteiger partial charge in [-0.25, -0.2) is 8.42 Å². The number of benzene rings is 1. The first-order valence-corrected chi connectivity index (χ1v) is 12.6. The Balaban J connectivity index is 1.76. The zero-order valence-corrected chi connectivity index (χ0v) is 19.1. The minimum Gasteiger partial charge on any atom is -0.464 e. The molecule has 1 unspecified atom stereocenters. The van der Waals surface area contributed by atoms with E-state index in [0.29, 0.717) is 42.9 Å². The van der Waals surface area contributed by atoms with E-state index in [9.17, 15) is 13.2 Å². The summed E-state index contributed by atoms with van der Waals surface area (Å²) in [6.07, 6.45) is 0.378. The number of halogens is 3. The maximum absolute atomic E-state index is 13.5. The highest BCUT2D eigenvalue weighted by Gasteiger charge is 2.37. The summed E-state index contributed by atoms with van der Waals surface area (Å²) in [4.78, 5) is 15.3. The molecule has 1 atom stereocenters. The van der Waals surface area contributed by atoms with E-state index < -0.39 is 15.9 Å². The van der Waals surface area contributed by atoms with E-state index in [4.69, 9.17) is 39.2 Å². The SMILES string of the molecule is Cc1ccc(CN(C(=O)c2sc3cc(Cl)cc(Cl)c3c2Cl)C2CCS(=O)(=O)C2)o1. The van der Waals surface area contributed by atoms with Crippen LogP contribution in [0, 0.1) is 6.92 Å². The van der Waals surface area contributed by atoms with Gasteiger partial charge < -0.3 is 9.32 Å². The molecule has 0 N–H and O–H groups in total. The fourth-order valence-electron chi connectivity index (χ4n) is 3.51. The van der Waals surface area contributed by atoms with Crippen LogP contribution in [0.2, 0.25) is 15.1 Å². The predicted molar refractivity (Wildman–Crippen MR) is 117 cm³/mol. The first-order valence-electron chi connectivity index (χ1n) is 8.78. The Kier molecular flexibility index (Phi) is 5.63. The van der Waals surface area contributed by atoms with Gasteiger partial charge in [0, 0.05) is 21.2 Å². The first kappa shape index (κ1) is 21.0. The van der Waals surface area contributed by atoms with Crippen molar-refractivity contribution in [2.45, 2.75) is 25.9 Å². The molecule has 0 radical (unpaired) electrons. The molecule has 154 valence electrons. The first-order chi connectivity index (χ1) is 13.6. The van der Waals surface area contributed by atoms with Gasteiger partial charge in [0.05, 0.1) is 28.1 Å². The Morgan fingerprint density at radius 2 is 2.03 bits per heavy atom. The molecule has 1 fully saturated rings. The van der Waals surface area contributed by atoms with Crippen molar-refractivity contribution < 1.29 is 17.6 Å². The van der Waals surface area contributed by atoms with E-state index in [1.54, 1.807) is 24.3 Å². The van der Waals surface area contributed by atoms with Gasteiger partial charge in [-0.3, -0.25) is 4.79 Å². The maximum atomic E-state index is 13.5. The molecule has 1 aliphatic rings. The number of furan rings is 1. The number of hydrogen-bond donors (Lipinski definition) is 0. The summed E-state index contributed by atoms with van der Waals surface area (Å²) in [6, 6.07) is 6.42. The summed E-state index contributed by atoms with van der Waals surface area (Å²) in [5.74, 6) is 0.930. The number of rotatable bonds is 4. The van der Waals surface area contributed by atoms with Gasteiger partial charge in [0.2, 0.25) is 0 Å². The standard InChI is InChI=1S/C19H16Cl3NO4S2/c1-10-2-3-13(27-10)8-23(12-4-5-29(25,26)9-12)19(24)18-17(22)16-14(21)6-11(20)7-15(16)28-18/h2-3,6-7,12H,4-5,8-9H2,1H3. The van der Waals surface area contributed by atoms with Gasteiger partial charge >= 0.3 is 0 Å². The lowest BCUT2D eigenvalue weighted by atomic mass is 10.2. The second-order valence-electron chi connectivity index (χ2n) is 7.01. The van der Waals surface area contributed by atoms with Crippen LogP contribution in [-0.2, 0) is 16.4 Å². The van der Waals surface area contributed by atoms with Gasteiger partial charge in [0.1, 0.15) is 16.4 Å². The van der Waals surface area contributed by atoms with E-state index in [2.05, 4.69) is 0 Å². The molecule has 0 bridgehead atoms. The largest absolute Gasteiger partial charge is 0.464 e. The van der Waals surface area contributed by atoms with Crippen LogP contribution in [0.15, 0.2) is 28.7 Å². The van der Waals surface area contributed by atoms with E-state index in [0.717, 1.165) is 0 Å². The molecule has 1 saturated heterocycles. The Morgan fingerprint density at radius 3 is 2.66 bits per heavy atom. The molecular formula is C19H16Cl3NO4S2. The second-order valence-corrected chi connectivity index (χ2v) is 11.5. The van der Waals surface area contributed by atoms with Crippen molar-refractivity contribution in [1.82, 2.24) is 4.90 Å². The van der Waals surface area contributed by atoms with Gasteiger partial charge in [0.15, 0.2) is 9.84 Å². The molecule has 0 aliphatic carbocycles. The average Bonchev–Trinajstić information content (AvgIpc) is 3.29. The second kappa shape index (κ2) is 7.78. The third kappa shape index (κ3) is 4.16. The van der Waals surface area contributed by atoms with Gasteiger partial charge in [-0.2, -0.15) is 0 Å². The molecule has 5 nitrogen and oxygen atoms in total. The number of carbonyl (C=O) groups excluding carboxylic acids is 1. The van der Waals surface area contributed by atoms with Crippen LogP contribution < -0.4 is 0 Å². The fraction of sp³-hybridized carbons (Fsp3) is 0.316. The van der Waals surface area contributed by atoms with Crippen LogP contribution in [-0.4, -0.2) is 36.8 Å². The molecule has 4 rings (SSSR count). The number of thiophene rings is 1. The molecule has 0 spiro atoms. The van der Waals surface area contributed by atoms with Crippen molar-refractivity contribution >= 4 is 72.0 Å². The van der Waals surface area contributed by atoms with Crippen molar-refractivity contribution in [2.24, 2.45) is 0 Å². The highest BCUT2D eigenvalue weighted by molar-refractivity contribution is 7.91. The minimum absolute atomic E-state index is 0.0558. The topological polar surface area (TPSA) is 67.6 Å². The lowest BCUT2D eigenvalue weighted by molar-refractivity contribution is 0.0671. The lowest BCUT2D eigenvalue weighted by Gasteiger charge is -2.27. The third-order valence-corrected chi connectivity index (χ3v) is 8.76. The van der Waals surface area contributed by atoms with Crippen LogP contribution >= 0.6 is 46.1 Å². The number of aryl methyl sites for hydroxylation is 1. The maximum Gasteiger partial charge on any atom is 0.266 e. The summed E-state index contributed by atoms with van der Waals surface area (Å²) in [5.41, 5.74) is 0. The van der Waals surface area contributed by atoms with Crippen molar-refractivity contribution in [3.05, 3.63) is 55.7 Å². The molecule has 10 heteroatoms. The van der Waals surface area contributed by atoms with Gasteiger partial charge in [-0.1, -0.05) is 34.8 Å². The minimum atomic E-state index is -3.18. The molecule has 3 heterocycles. The number of nitrogens with zero attached hydrogens (tertiary/aromatic N) is 1. The van der Waals surface area contributed by atoms with Crippen molar-refractivity contribution in [1.29, 1.82) is 0 Å². The van der Waals surface area contributed by atoms with Crippen molar-refractivity contribution in [3.63, 3.8) is 0 Å².